The molecule has 2 aromatic carbocycles. The Hall–Kier alpha value is -3.28. The molecule has 6 nitrogen and oxygen atoms in total. The van der Waals surface area contributed by atoms with Crippen molar-refractivity contribution >= 4 is 28.9 Å². The van der Waals surface area contributed by atoms with E-state index >= 15 is 0 Å². The highest BCUT2D eigenvalue weighted by Gasteiger charge is 2.06. The molecule has 108 valence electrons. The van der Waals surface area contributed by atoms with Crippen molar-refractivity contribution in [3.63, 3.8) is 0 Å². The van der Waals surface area contributed by atoms with Crippen molar-refractivity contribution < 1.29 is 9.90 Å². The summed E-state index contributed by atoms with van der Waals surface area (Å²) in [4.78, 5) is 19.4. The second-order valence-corrected chi connectivity index (χ2v) is 4.50. The zero-order chi connectivity index (χ0) is 15.4. The van der Waals surface area contributed by atoms with Crippen LogP contribution < -0.4 is 5.43 Å². The van der Waals surface area contributed by atoms with Gasteiger partial charge in [-0.3, -0.25) is 5.43 Å². The number of fused-ring (bicyclic) bond motifs is 1. The molecule has 1 aromatic heterocycles. The predicted molar refractivity (Wildman–Crippen MR) is 84.2 cm³/mol. The van der Waals surface area contributed by atoms with Crippen molar-refractivity contribution in [2.45, 2.75) is 0 Å². The number of rotatable bonds is 4. The van der Waals surface area contributed by atoms with E-state index in [1.807, 2.05) is 24.3 Å². The van der Waals surface area contributed by atoms with Gasteiger partial charge in [0.05, 0.1) is 17.3 Å². The molecule has 0 saturated heterocycles. The monoisotopic (exact) mass is 292 g/mol. The number of nitrogens with one attached hydrogen (secondary N) is 1. The minimum atomic E-state index is -0.991. The fourth-order valence-electron chi connectivity index (χ4n) is 2.06. The van der Waals surface area contributed by atoms with Gasteiger partial charge in [0.1, 0.15) is 6.33 Å². The zero-order valence-corrected chi connectivity index (χ0v) is 11.5. The van der Waals surface area contributed by atoms with Gasteiger partial charge in [0.2, 0.25) is 0 Å². The molecule has 0 spiro atoms. The highest BCUT2D eigenvalue weighted by molar-refractivity contribution is 5.98. The van der Waals surface area contributed by atoms with E-state index in [0.29, 0.717) is 11.4 Å². The first kappa shape index (κ1) is 13.7. The number of aromatic carboxylic acids is 1. The SMILES string of the molecule is O=C(O)c1ccccc1C=NNc1ncnc2ccccc12. The third kappa shape index (κ3) is 2.76. The second-order valence-electron chi connectivity index (χ2n) is 4.50. The van der Waals surface area contributed by atoms with E-state index in [-0.39, 0.29) is 5.56 Å². The predicted octanol–water partition coefficient (Wildman–Crippen LogP) is 2.77. The number of hydrogen-bond donors (Lipinski definition) is 2. The smallest absolute Gasteiger partial charge is 0.336 e. The van der Waals surface area contributed by atoms with Crippen LogP contribution >= 0.6 is 0 Å². The van der Waals surface area contributed by atoms with Gasteiger partial charge in [0.25, 0.3) is 0 Å². The van der Waals surface area contributed by atoms with Crippen molar-refractivity contribution in [2.24, 2.45) is 5.10 Å². The van der Waals surface area contributed by atoms with Crippen LogP contribution in [0.25, 0.3) is 10.9 Å². The van der Waals surface area contributed by atoms with Crippen molar-refractivity contribution in [1.82, 2.24) is 9.97 Å². The first-order chi connectivity index (χ1) is 10.8. The number of aromatic nitrogens is 2. The van der Waals surface area contributed by atoms with Crippen molar-refractivity contribution in [2.75, 3.05) is 5.43 Å². The number of carbonyl (C=O) groups is 1. The Labute approximate surface area is 126 Å². The lowest BCUT2D eigenvalue weighted by atomic mass is 10.1. The summed E-state index contributed by atoms with van der Waals surface area (Å²) < 4.78 is 0. The number of carboxylic acids is 1. The molecule has 0 bridgehead atoms. The molecule has 0 amide bonds. The normalized spacial score (nSPS) is 10.9. The van der Waals surface area contributed by atoms with Crippen LogP contribution in [0, 0.1) is 0 Å². The first-order valence-electron chi connectivity index (χ1n) is 6.57. The highest BCUT2D eigenvalue weighted by Crippen LogP contribution is 2.18. The summed E-state index contributed by atoms with van der Waals surface area (Å²) in [6, 6.07) is 14.2. The lowest BCUT2D eigenvalue weighted by Crippen LogP contribution is -2.02. The number of hydrogen-bond acceptors (Lipinski definition) is 5. The van der Waals surface area contributed by atoms with Gasteiger partial charge in [0.15, 0.2) is 5.82 Å². The Kier molecular flexibility index (Phi) is 3.74. The van der Waals surface area contributed by atoms with E-state index in [1.54, 1.807) is 18.2 Å². The summed E-state index contributed by atoms with van der Waals surface area (Å²) in [5, 5.41) is 14.0. The van der Waals surface area contributed by atoms with Gasteiger partial charge in [-0.05, 0) is 18.2 Å². The molecule has 2 N–H and O–H groups in total. The molecule has 0 aliphatic heterocycles. The van der Waals surface area contributed by atoms with E-state index in [2.05, 4.69) is 20.5 Å². The molecule has 22 heavy (non-hydrogen) atoms. The molecular weight excluding hydrogens is 280 g/mol. The third-order valence-corrected chi connectivity index (χ3v) is 3.11. The van der Waals surface area contributed by atoms with E-state index in [9.17, 15) is 4.79 Å². The average molecular weight is 292 g/mol. The Morgan fingerprint density at radius 1 is 1.09 bits per heavy atom. The zero-order valence-electron chi connectivity index (χ0n) is 11.5. The third-order valence-electron chi connectivity index (χ3n) is 3.11. The molecule has 0 aliphatic rings. The quantitative estimate of drug-likeness (QED) is 0.570. The number of nitrogens with zero attached hydrogens (tertiary/aromatic N) is 3. The maximum atomic E-state index is 11.1. The Bertz CT molecular complexity index is 856. The highest BCUT2D eigenvalue weighted by atomic mass is 16.4. The summed E-state index contributed by atoms with van der Waals surface area (Å²) in [5.74, 6) is -0.427. The largest absolute Gasteiger partial charge is 0.478 e. The lowest BCUT2D eigenvalue weighted by molar-refractivity contribution is 0.0697. The van der Waals surface area contributed by atoms with Gasteiger partial charge in [-0.15, -0.1) is 0 Å². The minimum Gasteiger partial charge on any atom is -0.478 e. The molecule has 0 fully saturated rings. The summed E-state index contributed by atoms with van der Waals surface area (Å²) >= 11 is 0. The minimum absolute atomic E-state index is 0.195. The summed E-state index contributed by atoms with van der Waals surface area (Å²) in [5.41, 5.74) is 4.34. The Morgan fingerprint density at radius 3 is 2.73 bits per heavy atom. The van der Waals surface area contributed by atoms with E-state index in [4.69, 9.17) is 5.11 Å². The van der Waals surface area contributed by atoms with Gasteiger partial charge in [-0.1, -0.05) is 30.3 Å². The van der Waals surface area contributed by atoms with E-state index in [0.717, 1.165) is 10.9 Å². The van der Waals surface area contributed by atoms with Crippen LogP contribution in [0.15, 0.2) is 60.0 Å². The maximum Gasteiger partial charge on any atom is 0.336 e. The standard InChI is InChI=1S/C16H12N4O2/c21-16(22)12-6-2-1-5-11(12)9-19-20-15-13-7-3-4-8-14(13)17-10-18-15/h1-10H,(H,21,22)(H,17,18,20). The van der Waals surface area contributed by atoms with Crippen LogP contribution in [0.3, 0.4) is 0 Å². The summed E-state index contributed by atoms with van der Waals surface area (Å²) in [6.45, 7) is 0. The Balaban J connectivity index is 1.87. The molecule has 0 radical (unpaired) electrons. The van der Waals surface area contributed by atoms with Crippen LogP contribution in [-0.4, -0.2) is 27.3 Å². The molecule has 6 heteroatoms. The van der Waals surface area contributed by atoms with E-state index < -0.39 is 5.97 Å². The molecule has 3 rings (SSSR count). The van der Waals surface area contributed by atoms with Gasteiger partial charge in [0, 0.05) is 10.9 Å². The topological polar surface area (TPSA) is 87.5 Å². The summed E-state index contributed by atoms with van der Waals surface area (Å²) in [7, 11) is 0. The molecule has 0 unspecified atom stereocenters. The lowest BCUT2D eigenvalue weighted by Gasteiger charge is -2.04. The van der Waals surface area contributed by atoms with Crippen LogP contribution in [-0.2, 0) is 0 Å². The van der Waals surface area contributed by atoms with Gasteiger partial charge >= 0.3 is 5.97 Å². The van der Waals surface area contributed by atoms with E-state index in [1.165, 1.54) is 18.6 Å². The summed E-state index contributed by atoms with van der Waals surface area (Å²) in [6.07, 6.45) is 2.91. The molecule has 3 aromatic rings. The van der Waals surface area contributed by atoms with Crippen LogP contribution in [0.2, 0.25) is 0 Å². The average Bonchev–Trinajstić information content (AvgIpc) is 2.55. The fourth-order valence-corrected chi connectivity index (χ4v) is 2.06. The van der Waals surface area contributed by atoms with Gasteiger partial charge in [-0.2, -0.15) is 5.10 Å². The van der Waals surface area contributed by atoms with Crippen LogP contribution in [0.5, 0.6) is 0 Å². The van der Waals surface area contributed by atoms with Crippen molar-refractivity contribution in [3.05, 3.63) is 66.0 Å². The van der Waals surface area contributed by atoms with Crippen molar-refractivity contribution in [3.8, 4) is 0 Å². The van der Waals surface area contributed by atoms with Gasteiger partial charge < -0.3 is 5.11 Å². The number of benzene rings is 2. The molecule has 0 atom stereocenters. The number of carboxylic acid groups (broad SMARTS) is 1. The number of para-hydroxylation sites is 1. The molecule has 0 saturated carbocycles. The second kappa shape index (κ2) is 6.01. The van der Waals surface area contributed by atoms with Crippen LogP contribution in [0.4, 0.5) is 5.82 Å². The maximum absolute atomic E-state index is 11.1. The molecular formula is C16H12N4O2. The Morgan fingerprint density at radius 2 is 1.86 bits per heavy atom. The fraction of sp³-hybridized carbons (Fsp3) is 0. The molecule has 0 aliphatic carbocycles. The number of anilines is 1. The van der Waals surface area contributed by atoms with Crippen LogP contribution in [0.1, 0.15) is 15.9 Å². The van der Waals surface area contributed by atoms with Crippen molar-refractivity contribution in [1.29, 1.82) is 0 Å². The van der Waals surface area contributed by atoms with Gasteiger partial charge in [-0.25, -0.2) is 14.8 Å². The molecule has 1 heterocycles. The first-order valence-corrected chi connectivity index (χ1v) is 6.57. The number of hydrazone groups is 1.